The van der Waals surface area contributed by atoms with Gasteiger partial charge in [-0.25, -0.2) is 9.78 Å². The van der Waals surface area contributed by atoms with Gasteiger partial charge in [-0.1, -0.05) is 6.07 Å². The molecule has 2 heterocycles. The average Bonchev–Trinajstić information content (AvgIpc) is 2.90. The molecule has 0 aliphatic carbocycles. The maximum atomic E-state index is 11.9. The second-order valence-electron chi connectivity index (χ2n) is 5.70. The zero-order valence-corrected chi connectivity index (χ0v) is 14.9. The minimum Gasteiger partial charge on any atom is -0.396 e. The number of urea groups is 1. The quantitative estimate of drug-likeness (QED) is 0.679. The monoisotopic (exact) mass is 348 g/mol. The molecular weight excluding hydrogens is 324 g/mol. The molecule has 24 heavy (non-hydrogen) atoms. The number of thiazole rings is 1. The van der Waals surface area contributed by atoms with Gasteiger partial charge < -0.3 is 15.7 Å². The summed E-state index contributed by atoms with van der Waals surface area (Å²) in [7, 11) is 0. The summed E-state index contributed by atoms with van der Waals surface area (Å²) in [6, 6.07) is 5.48. The van der Waals surface area contributed by atoms with E-state index < -0.39 is 0 Å². The van der Waals surface area contributed by atoms with Gasteiger partial charge in [0.15, 0.2) is 0 Å². The summed E-state index contributed by atoms with van der Waals surface area (Å²) in [5, 5.41) is 16.2. The van der Waals surface area contributed by atoms with Crippen molar-refractivity contribution in [3.05, 3.63) is 45.7 Å². The standard InChI is InChI=1S/C17H24N4O2S/c1-12-16(24-13(2)21-12)6-8-19-17(23)20-10-14(11-22)9-15-5-3-4-7-18-15/h3-5,7,14,22H,6,8-11H2,1-2H3,(H2,19,20,23). The summed E-state index contributed by atoms with van der Waals surface area (Å²) < 4.78 is 0. The maximum absolute atomic E-state index is 11.9. The molecule has 7 heteroatoms. The number of pyridine rings is 1. The highest BCUT2D eigenvalue weighted by Crippen LogP contribution is 2.16. The van der Waals surface area contributed by atoms with Crippen LogP contribution < -0.4 is 10.6 Å². The highest BCUT2D eigenvalue weighted by Gasteiger charge is 2.11. The molecule has 0 fully saturated rings. The van der Waals surface area contributed by atoms with Crippen LogP contribution in [0.15, 0.2) is 24.4 Å². The van der Waals surface area contributed by atoms with Crippen molar-refractivity contribution in [1.29, 1.82) is 0 Å². The second-order valence-corrected chi connectivity index (χ2v) is 6.99. The van der Waals surface area contributed by atoms with Gasteiger partial charge in [-0.05, 0) is 32.4 Å². The first-order valence-corrected chi connectivity index (χ1v) is 8.85. The van der Waals surface area contributed by atoms with Crippen LogP contribution in [0.1, 0.15) is 21.3 Å². The Morgan fingerprint density at radius 3 is 2.79 bits per heavy atom. The van der Waals surface area contributed by atoms with Crippen LogP contribution in [0.3, 0.4) is 0 Å². The van der Waals surface area contributed by atoms with Crippen LogP contribution in [0.2, 0.25) is 0 Å². The lowest BCUT2D eigenvalue weighted by molar-refractivity contribution is 0.213. The number of aliphatic hydroxyl groups is 1. The lowest BCUT2D eigenvalue weighted by Crippen LogP contribution is -2.40. The van der Waals surface area contributed by atoms with Gasteiger partial charge in [0.2, 0.25) is 0 Å². The third kappa shape index (κ3) is 5.90. The van der Waals surface area contributed by atoms with Crippen LogP contribution in [0.25, 0.3) is 0 Å². The number of hydrogen-bond acceptors (Lipinski definition) is 5. The van der Waals surface area contributed by atoms with Gasteiger partial charge in [-0.3, -0.25) is 4.98 Å². The van der Waals surface area contributed by atoms with Gasteiger partial charge in [-0.15, -0.1) is 11.3 Å². The summed E-state index contributed by atoms with van der Waals surface area (Å²) in [4.78, 5) is 21.7. The van der Waals surface area contributed by atoms with E-state index in [9.17, 15) is 9.90 Å². The molecule has 2 aromatic rings. The van der Waals surface area contributed by atoms with E-state index in [0.29, 0.717) is 19.5 Å². The number of aliphatic hydroxyl groups excluding tert-OH is 1. The van der Waals surface area contributed by atoms with E-state index in [0.717, 1.165) is 22.8 Å². The summed E-state index contributed by atoms with van der Waals surface area (Å²) in [6.45, 7) is 4.96. The molecule has 0 spiro atoms. The van der Waals surface area contributed by atoms with Crippen molar-refractivity contribution in [2.45, 2.75) is 26.7 Å². The van der Waals surface area contributed by atoms with Crippen LogP contribution in [-0.2, 0) is 12.8 Å². The number of nitrogens with zero attached hydrogens (tertiary/aromatic N) is 2. The molecule has 0 saturated carbocycles. The number of aryl methyl sites for hydroxylation is 2. The van der Waals surface area contributed by atoms with E-state index in [-0.39, 0.29) is 18.6 Å². The molecule has 0 radical (unpaired) electrons. The van der Waals surface area contributed by atoms with E-state index >= 15 is 0 Å². The topological polar surface area (TPSA) is 87.1 Å². The van der Waals surface area contributed by atoms with E-state index in [1.54, 1.807) is 17.5 Å². The maximum Gasteiger partial charge on any atom is 0.314 e. The highest BCUT2D eigenvalue weighted by molar-refractivity contribution is 7.11. The van der Waals surface area contributed by atoms with E-state index in [1.165, 1.54) is 4.88 Å². The van der Waals surface area contributed by atoms with Crippen molar-refractivity contribution in [1.82, 2.24) is 20.6 Å². The Balaban J connectivity index is 1.68. The Hall–Kier alpha value is -1.99. The molecule has 0 saturated heterocycles. The number of aromatic nitrogens is 2. The summed E-state index contributed by atoms with van der Waals surface area (Å²) >= 11 is 1.67. The molecule has 0 aliphatic rings. The number of hydrogen-bond donors (Lipinski definition) is 3. The lowest BCUT2D eigenvalue weighted by atomic mass is 10.0. The molecular formula is C17H24N4O2S. The fourth-order valence-corrected chi connectivity index (χ4v) is 3.35. The van der Waals surface area contributed by atoms with Crippen LogP contribution in [-0.4, -0.2) is 40.8 Å². The molecule has 0 aromatic carbocycles. The van der Waals surface area contributed by atoms with Gasteiger partial charge in [0.05, 0.1) is 10.7 Å². The van der Waals surface area contributed by atoms with Crippen molar-refractivity contribution in [3.63, 3.8) is 0 Å². The Kier molecular flexibility index (Phi) is 7.14. The predicted octanol–water partition coefficient (Wildman–Crippen LogP) is 1.85. The Morgan fingerprint density at radius 1 is 1.33 bits per heavy atom. The molecule has 1 unspecified atom stereocenters. The van der Waals surface area contributed by atoms with Crippen molar-refractivity contribution >= 4 is 17.4 Å². The first-order valence-electron chi connectivity index (χ1n) is 8.04. The summed E-state index contributed by atoms with van der Waals surface area (Å²) in [5.74, 6) is -0.0444. The zero-order chi connectivity index (χ0) is 17.4. The minimum atomic E-state index is -0.214. The normalized spacial score (nSPS) is 12.0. The number of rotatable bonds is 8. The number of amides is 2. The van der Waals surface area contributed by atoms with Gasteiger partial charge in [-0.2, -0.15) is 0 Å². The van der Waals surface area contributed by atoms with E-state index in [2.05, 4.69) is 20.6 Å². The van der Waals surface area contributed by atoms with Gasteiger partial charge in [0, 0.05) is 48.8 Å². The molecule has 6 nitrogen and oxygen atoms in total. The summed E-state index contributed by atoms with van der Waals surface area (Å²) in [5.41, 5.74) is 1.95. The number of nitrogens with one attached hydrogen (secondary N) is 2. The Morgan fingerprint density at radius 2 is 2.17 bits per heavy atom. The Labute approximate surface area is 146 Å². The highest BCUT2D eigenvalue weighted by atomic mass is 32.1. The minimum absolute atomic E-state index is 0.0101. The van der Waals surface area contributed by atoms with Crippen LogP contribution in [0, 0.1) is 19.8 Å². The van der Waals surface area contributed by atoms with Gasteiger partial charge in [0.1, 0.15) is 0 Å². The average molecular weight is 348 g/mol. The molecule has 3 N–H and O–H groups in total. The SMILES string of the molecule is Cc1nc(C)c(CCNC(=O)NCC(CO)Cc2ccccn2)s1. The van der Waals surface area contributed by atoms with E-state index in [1.807, 2.05) is 32.0 Å². The first-order chi connectivity index (χ1) is 11.6. The fraction of sp³-hybridized carbons (Fsp3) is 0.471. The molecule has 2 aromatic heterocycles. The van der Waals surface area contributed by atoms with Gasteiger partial charge in [0.25, 0.3) is 0 Å². The molecule has 1 atom stereocenters. The van der Waals surface area contributed by atoms with Gasteiger partial charge >= 0.3 is 6.03 Å². The van der Waals surface area contributed by atoms with E-state index in [4.69, 9.17) is 0 Å². The third-order valence-corrected chi connectivity index (χ3v) is 4.80. The fourth-order valence-electron chi connectivity index (χ4n) is 2.41. The molecule has 2 amide bonds. The number of carbonyl (C=O) groups is 1. The third-order valence-electron chi connectivity index (χ3n) is 3.67. The molecule has 0 aliphatic heterocycles. The van der Waals surface area contributed by atoms with Crippen molar-refractivity contribution in [2.24, 2.45) is 5.92 Å². The molecule has 130 valence electrons. The first kappa shape index (κ1) is 18.4. The summed E-state index contributed by atoms with van der Waals surface area (Å²) in [6.07, 6.45) is 3.14. The van der Waals surface area contributed by atoms with Crippen LogP contribution in [0.5, 0.6) is 0 Å². The molecule has 2 rings (SSSR count). The molecule has 0 bridgehead atoms. The van der Waals surface area contributed by atoms with Crippen molar-refractivity contribution in [3.8, 4) is 0 Å². The van der Waals surface area contributed by atoms with Crippen molar-refractivity contribution in [2.75, 3.05) is 19.7 Å². The smallest absolute Gasteiger partial charge is 0.314 e. The predicted molar refractivity (Wildman–Crippen MR) is 95.2 cm³/mol. The van der Waals surface area contributed by atoms with Crippen LogP contribution in [0.4, 0.5) is 4.79 Å². The Bertz CT molecular complexity index is 645. The lowest BCUT2D eigenvalue weighted by Gasteiger charge is -2.15. The number of carbonyl (C=O) groups excluding carboxylic acids is 1. The van der Waals surface area contributed by atoms with Crippen molar-refractivity contribution < 1.29 is 9.90 Å². The zero-order valence-electron chi connectivity index (χ0n) is 14.1. The largest absolute Gasteiger partial charge is 0.396 e. The van der Waals surface area contributed by atoms with Crippen LogP contribution >= 0.6 is 11.3 Å². The second kappa shape index (κ2) is 9.34.